The van der Waals surface area contributed by atoms with Gasteiger partial charge in [0.15, 0.2) is 0 Å². The van der Waals surface area contributed by atoms with E-state index < -0.39 is 22.1 Å². The Hall–Kier alpha value is -2.95. The number of hydrogen-bond donors (Lipinski definition) is 1. The van der Waals surface area contributed by atoms with Crippen LogP contribution in [0.5, 0.6) is 0 Å². The van der Waals surface area contributed by atoms with Crippen LogP contribution in [0.4, 0.5) is 0 Å². The van der Waals surface area contributed by atoms with Crippen molar-refractivity contribution in [2.24, 2.45) is 0 Å². The molecule has 0 unspecified atom stereocenters. The third kappa shape index (κ3) is 7.78. The Kier molecular flexibility index (Phi) is 8.53. The highest BCUT2D eigenvalue weighted by atomic mass is 28.4. The summed E-state index contributed by atoms with van der Waals surface area (Å²) in [5, 5.41) is 18.8. The number of aromatic carboxylic acids is 1. The molecule has 35 heavy (non-hydrogen) atoms. The molecule has 0 aliphatic heterocycles. The first kappa shape index (κ1) is 26.7. The van der Waals surface area contributed by atoms with Crippen molar-refractivity contribution in [2.45, 2.75) is 63.7 Å². The summed E-state index contributed by atoms with van der Waals surface area (Å²) in [6, 6.07) is 24.8. The van der Waals surface area contributed by atoms with Gasteiger partial charge in [0.05, 0.1) is 17.2 Å². The average Bonchev–Trinajstić information content (AvgIpc) is 2.80. The third-order valence-corrected chi connectivity index (χ3v) is 16.2. The van der Waals surface area contributed by atoms with Gasteiger partial charge in [-0.05, 0) is 58.9 Å². The number of carboxylic acids is 1. The zero-order valence-corrected chi connectivity index (χ0v) is 23.7. The summed E-state index contributed by atoms with van der Waals surface area (Å²) in [5.74, 6) is -0.901. The molecule has 0 saturated carbocycles. The van der Waals surface area contributed by atoms with Crippen LogP contribution in [0.2, 0.25) is 44.4 Å². The van der Waals surface area contributed by atoms with E-state index in [-0.39, 0.29) is 0 Å². The molecule has 1 N–H and O–H groups in total. The standard InChI is InChI=1S/C30H37NO2Si2/c1-34(2,3)22-35(4,5)19-7-6-8-23-11-18-28(30(32)33)29(20-23)27-16-14-26(15-17-27)25-12-9-24(21-31)10-13-25/h9-18,20H,6-8,19,22H2,1-5H3,(H,32,33). The van der Waals surface area contributed by atoms with Crippen LogP contribution in [0.15, 0.2) is 66.7 Å². The first-order valence-corrected chi connectivity index (χ1v) is 19.6. The van der Waals surface area contributed by atoms with Crippen LogP contribution in [-0.2, 0) is 6.42 Å². The summed E-state index contributed by atoms with van der Waals surface area (Å²) < 4.78 is 0. The summed E-state index contributed by atoms with van der Waals surface area (Å²) in [6.45, 7) is 12.5. The van der Waals surface area contributed by atoms with Crippen molar-refractivity contribution in [1.82, 2.24) is 0 Å². The van der Waals surface area contributed by atoms with Crippen LogP contribution in [-0.4, -0.2) is 27.2 Å². The van der Waals surface area contributed by atoms with Gasteiger partial charge in [-0.1, -0.05) is 99.4 Å². The molecule has 0 spiro atoms. The number of rotatable bonds is 10. The second-order valence-corrected chi connectivity index (χ2v) is 22.9. The molecule has 0 fully saturated rings. The molecule has 182 valence electrons. The molecule has 0 aromatic heterocycles. The van der Waals surface area contributed by atoms with Gasteiger partial charge in [-0.25, -0.2) is 4.79 Å². The van der Waals surface area contributed by atoms with Crippen LogP contribution in [0.1, 0.15) is 34.3 Å². The quantitative estimate of drug-likeness (QED) is 0.225. The molecule has 0 amide bonds. The van der Waals surface area contributed by atoms with Gasteiger partial charge in [-0.3, -0.25) is 0 Å². The van der Waals surface area contributed by atoms with E-state index in [9.17, 15) is 9.90 Å². The van der Waals surface area contributed by atoms with Crippen molar-refractivity contribution in [3.8, 4) is 28.3 Å². The number of nitriles is 1. The van der Waals surface area contributed by atoms with Crippen molar-refractivity contribution in [3.63, 3.8) is 0 Å². The summed E-state index contributed by atoms with van der Waals surface area (Å²) in [5.41, 5.74) is 7.40. The average molecular weight is 500 g/mol. The Labute approximate surface area is 212 Å². The highest BCUT2D eigenvalue weighted by Gasteiger charge is 2.27. The fraction of sp³-hybridized carbons (Fsp3) is 0.333. The predicted molar refractivity (Wildman–Crippen MR) is 152 cm³/mol. The van der Waals surface area contributed by atoms with Gasteiger partial charge in [-0.15, -0.1) is 0 Å². The number of hydrogen-bond acceptors (Lipinski definition) is 2. The molecule has 3 aromatic rings. The lowest BCUT2D eigenvalue weighted by Gasteiger charge is -2.29. The van der Waals surface area contributed by atoms with Crippen LogP contribution in [0.3, 0.4) is 0 Å². The zero-order chi connectivity index (χ0) is 25.6. The van der Waals surface area contributed by atoms with E-state index >= 15 is 0 Å². The SMILES string of the molecule is C[Si](C)(C)C[Si](C)(C)CCCCc1ccc(C(=O)O)c(-c2ccc(-c3ccc(C#N)cc3)cc2)c1. The number of carboxylic acid groups (broad SMARTS) is 1. The predicted octanol–water partition coefficient (Wildman–Crippen LogP) is 8.50. The molecule has 0 saturated heterocycles. The second-order valence-electron chi connectivity index (χ2n) is 11.6. The van der Waals surface area contributed by atoms with Crippen molar-refractivity contribution >= 4 is 22.1 Å². The molecule has 3 rings (SSSR count). The van der Waals surface area contributed by atoms with Gasteiger partial charge >= 0.3 is 5.97 Å². The molecule has 0 radical (unpaired) electrons. The van der Waals surface area contributed by atoms with Crippen LogP contribution < -0.4 is 0 Å². The minimum atomic E-state index is -1.14. The first-order valence-electron chi connectivity index (χ1n) is 12.4. The monoisotopic (exact) mass is 499 g/mol. The maximum absolute atomic E-state index is 11.9. The highest BCUT2D eigenvalue weighted by molar-refractivity contribution is 6.94. The Morgan fingerprint density at radius 2 is 1.40 bits per heavy atom. The Morgan fingerprint density at radius 3 is 1.94 bits per heavy atom. The topological polar surface area (TPSA) is 61.1 Å². The van der Waals surface area contributed by atoms with E-state index in [1.807, 2.05) is 54.6 Å². The number of unbranched alkanes of at least 4 members (excludes halogenated alkanes) is 1. The van der Waals surface area contributed by atoms with Gasteiger partial charge in [-0.2, -0.15) is 5.26 Å². The zero-order valence-electron chi connectivity index (χ0n) is 21.7. The van der Waals surface area contributed by atoms with Crippen LogP contribution in [0.25, 0.3) is 22.3 Å². The maximum Gasteiger partial charge on any atom is 0.336 e. The smallest absolute Gasteiger partial charge is 0.336 e. The molecule has 0 atom stereocenters. The van der Waals surface area contributed by atoms with Crippen molar-refractivity contribution in [1.29, 1.82) is 5.26 Å². The molecule has 0 heterocycles. The fourth-order valence-corrected chi connectivity index (χ4v) is 18.6. The minimum absolute atomic E-state index is 0.337. The third-order valence-electron chi connectivity index (χ3n) is 6.44. The fourth-order valence-electron chi connectivity index (χ4n) is 5.21. The molecule has 0 aliphatic carbocycles. The van der Waals surface area contributed by atoms with E-state index in [0.29, 0.717) is 11.1 Å². The summed E-state index contributed by atoms with van der Waals surface area (Å²) in [7, 11) is -2.15. The molecule has 0 bridgehead atoms. The van der Waals surface area contributed by atoms with E-state index in [1.165, 1.54) is 23.7 Å². The molecule has 0 aliphatic rings. The van der Waals surface area contributed by atoms with E-state index in [4.69, 9.17) is 5.26 Å². The van der Waals surface area contributed by atoms with E-state index in [0.717, 1.165) is 35.1 Å². The Bertz CT molecular complexity index is 1200. The molecule has 3 aromatic carbocycles. The number of nitrogens with zero attached hydrogens (tertiary/aromatic N) is 1. The van der Waals surface area contributed by atoms with E-state index in [1.54, 1.807) is 6.07 Å². The number of benzene rings is 3. The molecular weight excluding hydrogens is 463 g/mol. The van der Waals surface area contributed by atoms with Crippen molar-refractivity contribution in [2.75, 3.05) is 0 Å². The summed E-state index contributed by atoms with van der Waals surface area (Å²) >= 11 is 0. The lowest BCUT2D eigenvalue weighted by Crippen LogP contribution is -2.37. The Balaban J connectivity index is 1.73. The van der Waals surface area contributed by atoms with Crippen LogP contribution >= 0.6 is 0 Å². The van der Waals surface area contributed by atoms with Gasteiger partial charge in [0.1, 0.15) is 0 Å². The normalized spacial score (nSPS) is 11.8. The van der Waals surface area contributed by atoms with Gasteiger partial charge in [0, 0.05) is 16.1 Å². The molecule has 5 heteroatoms. The van der Waals surface area contributed by atoms with Crippen LogP contribution in [0, 0.1) is 11.3 Å². The summed E-state index contributed by atoms with van der Waals surface area (Å²) in [4.78, 5) is 11.9. The maximum atomic E-state index is 11.9. The largest absolute Gasteiger partial charge is 0.478 e. The van der Waals surface area contributed by atoms with Gasteiger partial charge in [0.2, 0.25) is 0 Å². The first-order chi connectivity index (χ1) is 16.5. The van der Waals surface area contributed by atoms with Crippen molar-refractivity contribution < 1.29 is 9.90 Å². The minimum Gasteiger partial charge on any atom is -0.478 e. The Morgan fingerprint density at radius 1 is 0.829 bits per heavy atom. The van der Waals surface area contributed by atoms with Crippen molar-refractivity contribution in [3.05, 3.63) is 83.4 Å². The molecule has 3 nitrogen and oxygen atoms in total. The lowest BCUT2D eigenvalue weighted by molar-refractivity contribution is 0.0697. The van der Waals surface area contributed by atoms with Gasteiger partial charge in [0.25, 0.3) is 0 Å². The van der Waals surface area contributed by atoms with Gasteiger partial charge < -0.3 is 5.11 Å². The number of aryl methyl sites for hydroxylation is 1. The number of carbonyl (C=O) groups is 1. The second kappa shape index (κ2) is 11.2. The molecular formula is C30H37NO2Si2. The lowest BCUT2D eigenvalue weighted by atomic mass is 9.94. The summed E-state index contributed by atoms with van der Waals surface area (Å²) in [6.07, 6.45) is 3.37. The highest BCUT2D eigenvalue weighted by Crippen LogP contribution is 2.30. The van der Waals surface area contributed by atoms with E-state index in [2.05, 4.69) is 44.9 Å².